The highest BCUT2D eigenvalue weighted by Crippen LogP contribution is 2.29. The molecule has 0 aliphatic carbocycles. The van der Waals surface area contributed by atoms with Gasteiger partial charge in [0.05, 0.1) is 7.11 Å². The van der Waals surface area contributed by atoms with E-state index in [2.05, 4.69) is 4.74 Å². The molecule has 0 radical (unpaired) electrons. The predicted octanol–water partition coefficient (Wildman–Crippen LogP) is 5.77. The molecule has 0 aromatic heterocycles. The van der Waals surface area contributed by atoms with Gasteiger partial charge in [-0.1, -0.05) is 54.6 Å². The molecule has 0 saturated carbocycles. The summed E-state index contributed by atoms with van der Waals surface area (Å²) in [5, 5.41) is 0. The quantitative estimate of drug-likeness (QED) is 0.332. The van der Waals surface area contributed by atoms with Gasteiger partial charge in [0.15, 0.2) is 17.3 Å². The maximum atomic E-state index is 12.4. The molecule has 0 amide bonds. The van der Waals surface area contributed by atoms with Crippen molar-refractivity contribution in [3.8, 4) is 17.2 Å². The number of hydrogen-bond donors (Lipinski definition) is 0. The van der Waals surface area contributed by atoms with Crippen LogP contribution >= 0.6 is 0 Å². The summed E-state index contributed by atoms with van der Waals surface area (Å²) < 4.78 is 40.2. The van der Waals surface area contributed by atoms with Gasteiger partial charge in [0.1, 0.15) is 12.4 Å². The van der Waals surface area contributed by atoms with E-state index in [0.29, 0.717) is 18.1 Å². The monoisotopic (exact) mass is 410 g/mol. The molecular weight excluding hydrogens is 390 g/mol. The van der Waals surface area contributed by atoms with Crippen LogP contribution in [-0.2, 0) is 6.61 Å². The molecule has 0 unspecified atom stereocenters. The average Bonchev–Trinajstić information content (AvgIpc) is 2.76. The first-order valence-corrected chi connectivity index (χ1v) is 9.17. The van der Waals surface area contributed by atoms with Crippen molar-refractivity contribution in [3.63, 3.8) is 0 Å². The van der Waals surface area contributed by atoms with Crippen molar-refractivity contribution in [2.24, 2.45) is 0 Å². The molecule has 0 N–H and O–H groups in total. The molecule has 0 fully saturated rings. The molecule has 3 rings (SSSR count). The molecule has 0 heterocycles. The Balaban J connectivity index is 1.68. The van der Waals surface area contributed by atoms with Crippen LogP contribution in [0.1, 0.15) is 21.5 Å². The largest absolute Gasteiger partial charge is 0.493 e. The van der Waals surface area contributed by atoms with E-state index in [1.165, 1.54) is 37.5 Å². The Morgan fingerprint density at radius 1 is 0.967 bits per heavy atom. The molecule has 0 aliphatic rings. The van der Waals surface area contributed by atoms with Crippen LogP contribution in [0.3, 0.4) is 0 Å². The van der Waals surface area contributed by atoms with Gasteiger partial charge in [-0.25, -0.2) is 0 Å². The number of allylic oxidation sites excluding steroid dienone is 1. The van der Waals surface area contributed by atoms with Gasteiger partial charge in [-0.05, 0) is 41.5 Å². The molecule has 0 spiro atoms. The van der Waals surface area contributed by atoms with Crippen LogP contribution in [-0.4, -0.2) is 19.5 Å². The fourth-order valence-electron chi connectivity index (χ4n) is 2.74. The molecule has 6 heteroatoms. The van der Waals surface area contributed by atoms with Gasteiger partial charge in [-0.2, -0.15) is 8.78 Å². The molecule has 154 valence electrons. The van der Waals surface area contributed by atoms with Crippen molar-refractivity contribution in [2.75, 3.05) is 7.11 Å². The summed E-state index contributed by atoms with van der Waals surface area (Å²) in [7, 11) is 1.54. The molecule has 3 aromatic carbocycles. The third-order valence-electron chi connectivity index (χ3n) is 4.20. The molecule has 0 aliphatic heterocycles. The summed E-state index contributed by atoms with van der Waals surface area (Å²) in [5.74, 6) is 0.721. The van der Waals surface area contributed by atoms with Gasteiger partial charge in [0.2, 0.25) is 0 Å². The third-order valence-corrected chi connectivity index (χ3v) is 4.20. The van der Waals surface area contributed by atoms with Crippen LogP contribution in [0.25, 0.3) is 6.08 Å². The molecule has 30 heavy (non-hydrogen) atoms. The van der Waals surface area contributed by atoms with E-state index in [1.807, 2.05) is 30.3 Å². The smallest absolute Gasteiger partial charge is 0.387 e. The van der Waals surface area contributed by atoms with Crippen LogP contribution in [0.2, 0.25) is 0 Å². The summed E-state index contributed by atoms with van der Waals surface area (Å²) in [4.78, 5) is 12.4. The highest BCUT2D eigenvalue weighted by Gasteiger charge is 2.09. The van der Waals surface area contributed by atoms with Crippen LogP contribution in [0.4, 0.5) is 8.78 Å². The first kappa shape index (κ1) is 21.0. The van der Waals surface area contributed by atoms with Crippen molar-refractivity contribution in [1.82, 2.24) is 0 Å². The summed E-state index contributed by atoms with van der Waals surface area (Å²) in [5.41, 5.74) is 2.01. The van der Waals surface area contributed by atoms with Crippen LogP contribution < -0.4 is 14.2 Å². The second-order valence-electron chi connectivity index (χ2n) is 6.29. The highest BCUT2D eigenvalue weighted by molar-refractivity contribution is 6.07. The number of rotatable bonds is 9. The minimum Gasteiger partial charge on any atom is -0.493 e. The van der Waals surface area contributed by atoms with Crippen LogP contribution in [0.15, 0.2) is 78.9 Å². The number of carbonyl (C=O) groups is 1. The van der Waals surface area contributed by atoms with Crippen molar-refractivity contribution in [2.45, 2.75) is 13.2 Å². The standard InChI is InChI=1S/C24H20F2O4/c1-28-23-14-17(11-13-22(23)29-16-18-6-3-2-4-7-18)10-12-21(27)19-8-5-9-20(15-19)30-24(25)26/h2-15,24H,16H2,1H3/b12-10+. The van der Waals surface area contributed by atoms with Crippen molar-refractivity contribution >= 4 is 11.9 Å². The number of methoxy groups -OCH3 is 1. The van der Waals surface area contributed by atoms with Gasteiger partial charge in [0, 0.05) is 5.56 Å². The lowest BCUT2D eigenvalue weighted by atomic mass is 10.1. The average molecular weight is 410 g/mol. The third kappa shape index (κ3) is 5.91. The Morgan fingerprint density at radius 2 is 1.77 bits per heavy atom. The number of ketones is 1. The maximum absolute atomic E-state index is 12.4. The summed E-state index contributed by atoms with van der Waals surface area (Å²) in [6, 6.07) is 20.7. The second kappa shape index (κ2) is 10.2. The lowest BCUT2D eigenvalue weighted by molar-refractivity contribution is -0.0498. The van der Waals surface area contributed by atoms with E-state index in [0.717, 1.165) is 11.1 Å². The Labute approximate surface area is 173 Å². The van der Waals surface area contributed by atoms with E-state index >= 15 is 0 Å². The second-order valence-corrected chi connectivity index (χ2v) is 6.29. The molecule has 0 bridgehead atoms. The number of carbonyl (C=O) groups excluding carboxylic acids is 1. The zero-order chi connectivity index (χ0) is 21.3. The Bertz CT molecular complexity index is 1020. The Hall–Kier alpha value is -3.67. The molecular formula is C24H20F2O4. The van der Waals surface area contributed by atoms with Gasteiger partial charge < -0.3 is 14.2 Å². The minimum absolute atomic E-state index is 0.0640. The van der Waals surface area contributed by atoms with Crippen LogP contribution in [0, 0.1) is 0 Å². The Kier molecular flexibility index (Phi) is 7.16. The lowest BCUT2D eigenvalue weighted by Gasteiger charge is -2.11. The minimum atomic E-state index is -2.94. The SMILES string of the molecule is COc1cc(/C=C/C(=O)c2cccc(OC(F)F)c2)ccc1OCc1ccccc1. The maximum Gasteiger partial charge on any atom is 0.387 e. The first-order chi connectivity index (χ1) is 14.5. The topological polar surface area (TPSA) is 44.8 Å². The van der Waals surface area contributed by atoms with Gasteiger partial charge >= 0.3 is 6.61 Å². The predicted molar refractivity (Wildman–Crippen MR) is 110 cm³/mol. The number of benzene rings is 3. The van der Waals surface area contributed by atoms with Gasteiger partial charge in [0.25, 0.3) is 0 Å². The highest BCUT2D eigenvalue weighted by atomic mass is 19.3. The fourth-order valence-corrected chi connectivity index (χ4v) is 2.74. The summed E-state index contributed by atoms with van der Waals surface area (Å²) >= 11 is 0. The van der Waals surface area contributed by atoms with E-state index in [-0.39, 0.29) is 17.1 Å². The summed E-state index contributed by atoms with van der Waals surface area (Å²) in [6.07, 6.45) is 2.98. The number of alkyl halides is 2. The zero-order valence-electron chi connectivity index (χ0n) is 16.3. The van der Waals surface area contributed by atoms with Crippen molar-refractivity contribution in [3.05, 3.63) is 95.6 Å². The Morgan fingerprint density at radius 3 is 2.50 bits per heavy atom. The van der Waals surface area contributed by atoms with E-state index < -0.39 is 6.61 Å². The molecule has 4 nitrogen and oxygen atoms in total. The molecule has 0 saturated heterocycles. The fraction of sp³-hybridized carbons (Fsp3) is 0.125. The number of ether oxygens (including phenoxy) is 3. The molecule has 0 atom stereocenters. The summed E-state index contributed by atoms with van der Waals surface area (Å²) in [6.45, 7) is -2.54. The number of hydrogen-bond acceptors (Lipinski definition) is 4. The van der Waals surface area contributed by atoms with E-state index in [9.17, 15) is 13.6 Å². The van der Waals surface area contributed by atoms with E-state index in [4.69, 9.17) is 9.47 Å². The first-order valence-electron chi connectivity index (χ1n) is 9.17. The lowest BCUT2D eigenvalue weighted by Crippen LogP contribution is -2.03. The van der Waals surface area contributed by atoms with Crippen molar-refractivity contribution in [1.29, 1.82) is 0 Å². The normalized spacial score (nSPS) is 10.9. The number of halogens is 2. The zero-order valence-corrected chi connectivity index (χ0v) is 16.3. The van der Waals surface area contributed by atoms with Gasteiger partial charge in [-0.3, -0.25) is 4.79 Å². The van der Waals surface area contributed by atoms with E-state index in [1.54, 1.807) is 24.3 Å². The van der Waals surface area contributed by atoms with Gasteiger partial charge in [-0.15, -0.1) is 0 Å². The molecule has 3 aromatic rings. The van der Waals surface area contributed by atoms with Crippen molar-refractivity contribution < 1.29 is 27.8 Å². The van der Waals surface area contributed by atoms with Crippen LogP contribution in [0.5, 0.6) is 17.2 Å².